The van der Waals surface area contributed by atoms with E-state index < -0.39 is 0 Å². The van der Waals surface area contributed by atoms with Crippen LogP contribution >= 0.6 is 0 Å². The van der Waals surface area contributed by atoms with Crippen molar-refractivity contribution in [2.45, 2.75) is 70.8 Å². The van der Waals surface area contributed by atoms with E-state index in [1.807, 2.05) is 6.33 Å². The van der Waals surface area contributed by atoms with Gasteiger partial charge in [-0.25, -0.2) is 4.98 Å². The van der Waals surface area contributed by atoms with E-state index in [1.165, 1.54) is 57.2 Å². The second kappa shape index (κ2) is 7.68. The Morgan fingerprint density at radius 1 is 1.42 bits per heavy atom. The summed E-state index contributed by atoms with van der Waals surface area (Å²) in [5.41, 5.74) is 1.44. The number of rotatable bonds is 7. The minimum absolute atomic E-state index is 0.594. The standard InChI is InChI=1S/C16H29N3/c1-3-4-5-6-8-14(2)19-13-18-12-16(19)15-9-7-10-17-11-15/h12-15,17H,3-11H2,1-2H3. The average molecular weight is 263 g/mol. The summed E-state index contributed by atoms with van der Waals surface area (Å²) in [4.78, 5) is 4.40. The van der Waals surface area contributed by atoms with Crippen LogP contribution in [0.4, 0.5) is 0 Å². The predicted octanol–water partition coefficient (Wildman–Crippen LogP) is 3.88. The van der Waals surface area contributed by atoms with Crippen molar-refractivity contribution in [3.63, 3.8) is 0 Å². The summed E-state index contributed by atoms with van der Waals surface area (Å²) in [6, 6.07) is 0.594. The van der Waals surface area contributed by atoms with Gasteiger partial charge in [0.05, 0.1) is 6.33 Å². The first-order valence-electron chi connectivity index (χ1n) is 8.05. The Morgan fingerprint density at radius 2 is 2.32 bits per heavy atom. The largest absolute Gasteiger partial charge is 0.332 e. The van der Waals surface area contributed by atoms with E-state index in [1.54, 1.807) is 0 Å². The van der Waals surface area contributed by atoms with Crippen LogP contribution in [0.15, 0.2) is 12.5 Å². The van der Waals surface area contributed by atoms with Crippen molar-refractivity contribution in [1.29, 1.82) is 0 Å². The van der Waals surface area contributed by atoms with Gasteiger partial charge in [0.25, 0.3) is 0 Å². The van der Waals surface area contributed by atoms with Crippen molar-refractivity contribution in [2.24, 2.45) is 0 Å². The predicted molar refractivity (Wildman–Crippen MR) is 80.5 cm³/mol. The van der Waals surface area contributed by atoms with Gasteiger partial charge in [0.1, 0.15) is 0 Å². The molecule has 1 N–H and O–H groups in total. The number of nitrogens with zero attached hydrogens (tertiary/aromatic N) is 2. The molecule has 0 aliphatic carbocycles. The zero-order valence-corrected chi connectivity index (χ0v) is 12.6. The van der Waals surface area contributed by atoms with E-state index in [0.29, 0.717) is 12.0 Å². The number of piperidine rings is 1. The average Bonchev–Trinajstić information content (AvgIpc) is 2.94. The highest BCUT2D eigenvalue weighted by Gasteiger charge is 2.20. The van der Waals surface area contributed by atoms with Crippen LogP contribution in [0, 0.1) is 0 Å². The van der Waals surface area contributed by atoms with Crippen LogP contribution in [-0.2, 0) is 0 Å². The molecule has 1 aromatic rings. The van der Waals surface area contributed by atoms with E-state index in [2.05, 4.69) is 34.9 Å². The molecule has 1 saturated heterocycles. The minimum atomic E-state index is 0.594. The fraction of sp³-hybridized carbons (Fsp3) is 0.812. The molecular formula is C16H29N3. The fourth-order valence-corrected chi connectivity index (χ4v) is 3.11. The Morgan fingerprint density at radius 3 is 3.05 bits per heavy atom. The van der Waals surface area contributed by atoms with E-state index in [9.17, 15) is 0 Å². The van der Waals surface area contributed by atoms with Crippen LogP contribution in [0.1, 0.15) is 76.4 Å². The lowest BCUT2D eigenvalue weighted by molar-refractivity contribution is 0.408. The summed E-state index contributed by atoms with van der Waals surface area (Å²) in [5, 5.41) is 3.51. The van der Waals surface area contributed by atoms with Gasteiger partial charge in [0.2, 0.25) is 0 Å². The summed E-state index contributed by atoms with van der Waals surface area (Å²) >= 11 is 0. The molecule has 19 heavy (non-hydrogen) atoms. The molecule has 2 atom stereocenters. The van der Waals surface area contributed by atoms with Crippen molar-refractivity contribution >= 4 is 0 Å². The lowest BCUT2D eigenvalue weighted by Crippen LogP contribution is -2.29. The monoisotopic (exact) mass is 263 g/mol. The third-order valence-electron chi connectivity index (χ3n) is 4.36. The van der Waals surface area contributed by atoms with Gasteiger partial charge in [-0.3, -0.25) is 0 Å². The first-order valence-corrected chi connectivity index (χ1v) is 8.05. The highest BCUT2D eigenvalue weighted by atomic mass is 15.1. The molecule has 0 spiro atoms. The second-order valence-electron chi connectivity index (χ2n) is 5.97. The summed E-state index contributed by atoms with van der Waals surface area (Å²) in [7, 11) is 0. The molecule has 3 nitrogen and oxygen atoms in total. The summed E-state index contributed by atoms with van der Waals surface area (Å²) in [6.07, 6.45) is 13.4. The normalized spacial score (nSPS) is 21.5. The first-order chi connectivity index (χ1) is 9.33. The zero-order valence-electron chi connectivity index (χ0n) is 12.6. The summed E-state index contributed by atoms with van der Waals surface area (Å²) in [5.74, 6) is 0.661. The van der Waals surface area contributed by atoms with Gasteiger partial charge in [0.15, 0.2) is 0 Å². The highest BCUT2D eigenvalue weighted by Crippen LogP contribution is 2.27. The molecule has 108 valence electrons. The molecule has 1 fully saturated rings. The highest BCUT2D eigenvalue weighted by molar-refractivity contribution is 5.09. The molecule has 0 amide bonds. The Bertz CT molecular complexity index is 353. The van der Waals surface area contributed by atoms with Crippen molar-refractivity contribution in [1.82, 2.24) is 14.9 Å². The van der Waals surface area contributed by atoms with Gasteiger partial charge < -0.3 is 9.88 Å². The van der Waals surface area contributed by atoms with Crippen LogP contribution in [0.3, 0.4) is 0 Å². The van der Waals surface area contributed by atoms with Crippen LogP contribution in [0.5, 0.6) is 0 Å². The zero-order chi connectivity index (χ0) is 13.5. The Labute approximate surface area is 117 Å². The third-order valence-corrected chi connectivity index (χ3v) is 4.36. The molecule has 1 aliphatic heterocycles. The molecule has 0 aromatic carbocycles. The van der Waals surface area contributed by atoms with Crippen LogP contribution in [0.25, 0.3) is 0 Å². The molecule has 2 unspecified atom stereocenters. The lowest BCUT2D eigenvalue weighted by Gasteiger charge is -2.26. The summed E-state index contributed by atoms with van der Waals surface area (Å²) in [6.45, 7) is 6.91. The van der Waals surface area contributed by atoms with E-state index >= 15 is 0 Å². The maximum absolute atomic E-state index is 4.40. The molecule has 2 heterocycles. The molecule has 1 aromatic heterocycles. The molecule has 3 heteroatoms. The van der Waals surface area contributed by atoms with Gasteiger partial charge in [-0.2, -0.15) is 0 Å². The molecule has 0 radical (unpaired) electrons. The minimum Gasteiger partial charge on any atom is -0.332 e. The number of hydrogen-bond acceptors (Lipinski definition) is 2. The SMILES string of the molecule is CCCCCCC(C)n1cncc1C1CCCNC1. The number of unbranched alkanes of at least 4 members (excludes halogenated alkanes) is 3. The van der Waals surface area contributed by atoms with E-state index in [-0.39, 0.29) is 0 Å². The number of imidazole rings is 1. The van der Waals surface area contributed by atoms with E-state index in [4.69, 9.17) is 0 Å². The summed E-state index contributed by atoms with van der Waals surface area (Å²) < 4.78 is 2.42. The molecular weight excluding hydrogens is 234 g/mol. The van der Waals surface area contributed by atoms with Crippen molar-refractivity contribution in [3.8, 4) is 0 Å². The first kappa shape index (κ1) is 14.6. The fourth-order valence-electron chi connectivity index (χ4n) is 3.11. The molecule has 0 bridgehead atoms. The topological polar surface area (TPSA) is 29.9 Å². The Kier molecular flexibility index (Phi) is 5.90. The maximum atomic E-state index is 4.40. The molecule has 2 rings (SSSR count). The smallest absolute Gasteiger partial charge is 0.0950 e. The van der Waals surface area contributed by atoms with Gasteiger partial charge >= 0.3 is 0 Å². The van der Waals surface area contributed by atoms with Gasteiger partial charge in [-0.15, -0.1) is 0 Å². The number of hydrogen-bond donors (Lipinski definition) is 1. The van der Waals surface area contributed by atoms with E-state index in [0.717, 1.165) is 6.54 Å². The van der Waals surface area contributed by atoms with Crippen LogP contribution in [-0.4, -0.2) is 22.6 Å². The molecule has 1 aliphatic rings. The molecule has 0 saturated carbocycles. The van der Waals surface area contributed by atoms with Crippen molar-refractivity contribution in [3.05, 3.63) is 18.2 Å². The second-order valence-corrected chi connectivity index (χ2v) is 5.97. The maximum Gasteiger partial charge on any atom is 0.0950 e. The Balaban J connectivity index is 1.90. The van der Waals surface area contributed by atoms with Gasteiger partial charge in [-0.1, -0.05) is 32.6 Å². The Hall–Kier alpha value is -0.830. The number of nitrogens with one attached hydrogen (secondary N) is 1. The van der Waals surface area contributed by atoms with Crippen LogP contribution in [0.2, 0.25) is 0 Å². The third kappa shape index (κ3) is 4.07. The number of aromatic nitrogens is 2. The van der Waals surface area contributed by atoms with Crippen molar-refractivity contribution < 1.29 is 0 Å². The van der Waals surface area contributed by atoms with Crippen LogP contribution < -0.4 is 5.32 Å². The van der Waals surface area contributed by atoms with Gasteiger partial charge in [0, 0.05) is 30.4 Å². The van der Waals surface area contributed by atoms with Crippen molar-refractivity contribution in [2.75, 3.05) is 13.1 Å². The quantitative estimate of drug-likeness (QED) is 0.757. The van der Waals surface area contributed by atoms with Gasteiger partial charge in [-0.05, 0) is 32.7 Å². The lowest BCUT2D eigenvalue weighted by atomic mass is 9.96.